The van der Waals surface area contributed by atoms with E-state index in [4.69, 9.17) is 16.0 Å². The van der Waals surface area contributed by atoms with Crippen LogP contribution in [0.25, 0.3) is 11.0 Å². The van der Waals surface area contributed by atoms with Crippen molar-refractivity contribution in [1.29, 1.82) is 0 Å². The van der Waals surface area contributed by atoms with Crippen molar-refractivity contribution in [3.8, 4) is 0 Å². The summed E-state index contributed by atoms with van der Waals surface area (Å²) >= 11 is 5.89. The summed E-state index contributed by atoms with van der Waals surface area (Å²) in [4.78, 5) is 24.7. The Labute approximate surface area is 149 Å². The molecule has 0 fully saturated rings. The van der Waals surface area contributed by atoms with Gasteiger partial charge in [-0.05, 0) is 44.2 Å². The molecule has 2 aromatic carbocycles. The molecule has 1 amide bonds. The normalized spacial score (nSPS) is 10.7. The number of amides is 1. The molecule has 3 rings (SSSR count). The molecule has 0 atom stereocenters. The maximum Gasteiger partial charge on any atom is 0.305 e. The van der Waals surface area contributed by atoms with Gasteiger partial charge in [0.05, 0.1) is 11.1 Å². The van der Waals surface area contributed by atoms with Crippen LogP contribution in [0.2, 0.25) is 5.02 Å². The number of fused-ring (bicyclic) bond motifs is 1. The first-order chi connectivity index (χ1) is 12.0. The molecule has 5 nitrogen and oxygen atoms in total. The van der Waals surface area contributed by atoms with E-state index in [9.17, 15) is 9.59 Å². The average Bonchev–Trinajstić information content (AvgIpc) is 2.60. The SMILES string of the molecule is CCN(NC(=O)c1cc(=O)c2cc(Cl)ccc2o1)c1ccc(C)cc1. The van der Waals surface area contributed by atoms with Gasteiger partial charge in [-0.2, -0.15) is 0 Å². The van der Waals surface area contributed by atoms with Gasteiger partial charge in [-0.25, -0.2) is 0 Å². The molecule has 0 saturated heterocycles. The van der Waals surface area contributed by atoms with E-state index in [0.717, 1.165) is 11.3 Å². The highest BCUT2D eigenvalue weighted by Crippen LogP contribution is 2.18. The smallest absolute Gasteiger partial charge is 0.305 e. The highest BCUT2D eigenvalue weighted by molar-refractivity contribution is 6.31. The maximum absolute atomic E-state index is 12.5. The number of hydrogen-bond donors (Lipinski definition) is 1. The van der Waals surface area contributed by atoms with Gasteiger partial charge in [0, 0.05) is 17.6 Å². The Balaban J connectivity index is 1.89. The molecule has 0 spiro atoms. The minimum Gasteiger partial charge on any atom is -0.451 e. The largest absolute Gasteiger partial charge is 0.451 e. The number of nitrogens with zero attached hydrogens (tertiary/aromatic N) is 1. The van der Waals surface area contributed by atoms with Gasteiger partial charge in [0.2, 0.25) is 0 Å². The van der Waals surface area contributed by atoms with Gasteiger partial charge in [-0.15, -0.1) is 0 Å². The second-order valence-electron chi connectivity index (χ2n) is 5.64. The predicted octanol–water partition coefficient (Wildman–Crippen LogP) is 3.93. The molecular weight excluding hydrogens is 340 g/mol. The first-order valence-electron chi connectivity index (χ1n) is 7.86. The van der Waals surface area contributed by atoms with Gasteiger partial charge in [-0.3, -0.25) is 20.0 Å². The Hall–Kier alpha value is -2.79. The second kappa shape index (κ2) is 6.99. The van der Waals surface area contributed by atoms with E-state index in [1.165, 1.54) is 12.1 Å². The summed E-state index contributed by atoms with van der Waals surface area (Å²) in [6.07, 6.45) is 0. The first kappa shape index (κ1) is 17.0. The van der Waals surface area contributed by atoms with Crippen LogP contribution in [0.4, 0.5) is 5.69 Å². The molecule has 0 radical (unpaired) electrons. The van der Waals surface area contributed by atoms with Crippen molar-refractivity contribution < 1.29 is 9.21 Å². The van der Waals surface area contributed by atoms with Gasteiger partial charge in [0.25, 0.3) is 0 Å². The summed E-state index contributed by atoms with van der Waals surface area (Å²) in [7, 11) is 0. The Bertz CT molecular complexity index is 980. The molecule has 0 saturated carbocycles. The van der Waals surface area contributed by atoms with E-state index in [0.29, 0.717) is 22.5 Å². The number of anilines is 1. The van der Waals surface area contributed by atoms with Gasteiger partial charge in [0.1, 0.15) is 5.58 Å². The second-order valence-corrected chi connectivity index (χ2v) is 6.07. The van der Waals surface area contributed by atoms with Gasteiger partial charge >= 0.3 is 5.91 Å². The highest BCUT2D eigenvalue weighted by atomic mass is 35.5. The minimum atomic E-state index is -0.489. The third-order valence-corrected chi connectivity index (χ3v) is 4.05. The van der Waals surface area contributed by atoms with E-state index < -0.39 is 5.91 Å². The number of benzene rings is 2. The zero-order chi connectivity index (χ0) is 18.0. The van der Waals surface area contributed by atoms with Crippen LogP contribution in [0, 0.1) is 6.92 Å². The summed E-state index contributed by atoms with van der Waals surface area (Å²) in [6.45, 7) is 4.47. The average molecular weight is 357 g/mol. The summed E-state index contributed by atoms with van der Waals surface area (Å²) in [6, 6.07) is 13.6. The zero-order valence-electron chi connectivity index (χ0n) is 13.9. The van der Waals surface area contributed by atoms with Crippen molar-refractivity contribution in [2.45, 2.75) is 13.8 Å². The topological polar surface area (TPSA) is 62.6 Å². The standard InChI is InChI=1S/C19H17ClN2O3/c1-3-22(14-7-4-12(2)5-8-14)21-19(24)18-11-16(23)15-10-13(20)6-9-17(15)25-18/h4-11H,3H2,1-2H3,(H,21,24). The van der Waals surface area contributed by atoms with Crippen molar-refractivity contribution in [3.05, 3.63) is 75.1 Å². The van der Waals surface area contributed by atoms with Crippen LogP contribution in [0.5, 0.6) is 0 Å². The molecule has 0 aliphatic rings. The van der Waals surface area contributed by atoms with Gasteiger partial charge < -0.3 is 4.42 Å². The Kier molecular flexibility index (Phi) is 4.76. The molecule has 128 valence electrons. The van der Waals surface area contributed by atoms with Crippen molar-refractivity contribution in [2.24, 2.45) is 0 Å². The third-order valence-electron chi connectivity index (χ3n) is 3.81. The monoisotopic (exact) mass is 356 g/mol. The predicted molar refractivity (Wildman–Crippen MR) is 99.2 cm³/mol. The summed E-state index contributed by atoms with van der Waals surface area (Å²) in [5.41, 5.74) is 4.74. The fourth-order valence-corrected chi connectivity index (χ4v) is 2.64. The van der Waals surface area contributed by atoms with E-state index >= 15 is 0 Å². The first-order valence-corrected chi connectivity index (χ1v) is 8.24. The zero-order valence-corrected chi connectivity index (χ0v) is 14.6. The fourth-order valence-electron chi connectivity index (χ4n) is 2.47. The molecule has 3 aromatic rings. The van der Waals surface area contributed by atoms with Crippen molar-refractivity contribution >= 4 is 34.2 Å². The highest BCUT2D eigenvalue weighted by Gasteiger charge is 2.15. The van der Waals surface area contributed by atoms with Crippen molar-refractivity contribution in [3.63, 3.8) is 0 Å². The van der Waals surface area contributed by atoms with Crippen LogP contribution in [0.3, 0.4) is 0 Å². The molecule has 6 heteroatoms. The lowest BCUT2D eigenvalue weighted by Crippen LogP contribution is -2.42. The molecular formula is C19H17ClN2O3. The van der Waals surface area contributed by atoms with Crippen LogP contribution in [-0.4, -0.2) is 12.5 Å². The van der Waals surface area contributed by atoms with Crippen LogP contribution in [-0.2, 0) is 0 Å². The molecule has 1 N–H and O–H groups in total. The Morgan fingerprint density at radius 3 is 2.56 bits per heavy atom. The molecule has 1 heterocycles. The molecule has 0 unspecified atom stereocenters. The van der Waals surface area contributed by atoms with Crippen molar-refractivity contribution in [1.82, 2.24) is 5.43 Å². The molecule has 1 aromatic heterocycles. The summed E-state index contributed by atoms with van der Waals surface area (Å²) in [5.74, 6) is -0.540. The van der Waals surface area contributed by atoms with E-state index in [1.807, 2.05) is 38.1 Å². The lowest BCUT2D eigenvalue weighted by Gasteiger charge is -2.23. The van der Waals surface area contributed by atoms with Crippen LogP contribution < -0.4 is 15.9 Å². The lowest BCUT2D eigenvalue weighted by atomic mass is 10.2. The summed E-state index contributed by atoms with van der Waals surface area (Å²) < 4.78 is 5.56. The maximum atomic E-state index is 12.5. The van der Waals surface area contributed by atoms with Crippen molar-refractivity contribution in [2.75, 3.05) is 11.6 Å². The summed E-state index contributed by atoms with van der Waals surface area (Å²) in [5, 5.41) is 2.47. The quantitative estimate of drug-likeness (QED) is 0.719. The van der Waals surface area contributed by atoms with Gasteiger partial charge in [-0.1, -0.05) is 29.3 Å². The number of rotatable bonds is 4. The Morgan fingerprint density at radius 1 is 1.16 bits per heavy atom. The number of hydrazine groups is 1. The third kappa shape index (κ3) is 3.67. The molecule has 25 heavy (non-hydrogen) atoms. The van der Waals surface area contributed by atoms with Gasteiger partial charge in [0.15, 0.2) is 11.2 Å². The number of carbonyl (C=O) groups is 1. The number of nitrogens with one attached hydrogen (secondary N) is 1. The van der Waals surface area contributed by atoms with E-state index in [2.05, 4.69) is 5.43 Å². The number of halogens is 1. The Morgan fingerprint density at radius 2 is 1.88 bits per heavy atom. The number of carbonyl (C=O) groups excluding carboxylic acids is 1. The molecule has 0 aliphatic heterocycles. The molecule has 0 bridgehead atoms. The molecule has 0 aliphatic carbocycles. The van der Waals surface area contributed by atoms with Crippen LogP contribution >= 0.6 is 11.6 Å². The number of aryl methyl sites for hydroxylation is 1. The number of hydrogen-bond acceptors (Lipinski definition) is 4. The van der Waals surface area contributed by atoms with E-state index in [1.54, 1.807) is 17.1 Å². The van der Waals surface area contributed by atoms with Crippen LogP contribution in [0.15, 0.2) is 57.7 Å². The van der Waals surface area contributed by atoms with E-state index in [-0.39, 0.29) is 11.2 Å². The fraction of sp³-hybridized carbons (Fsp3) is 0.158. The van der Waals surface area contributed by atoms with Crippen LogP contribution in [0.1, 0.15) is 23.0 Å². The minimum absolute atomic E-state index is 0.0506. The lowest BCUT2D eigenvalue weighted by molar-refractivity contribution is 0.0922.